The van der Waals surface area contributed by atoms with Crippen molar-refractivity contribution in [2.75, 3.05) is 11.9 Å². The standard InChI is InChI=1S/C16H19Cl3N2O2/c1-9-13(7-10-5-6-10)20-12-4-2-3-11(12)14(9)21-15(22)23-8-16(17,18)19/h10H,2-8H2,1H3,(H,20,21,22). The Morgan fingerprint density at radius 2 is 2.09 bits per heavy atom. The maximum Gasteiger partial charge on any atom is 0.411 e. The van der Waals surface area contributed by atoms with Crippen molar-refractivity contribution >= 4 is 46.6 Å². The first-order valence-corrected chi connectivity index (χ1v) is 8.98. The summed E-state index contributed by atoms with van der Waals surface area (Å²) in [5, 5.41) is 2.84. The molecule has 2 aliphatic carbocycles. The summed E-state index contributed by atoms with van der Waals surface area (Å²) in [6.07, 6.45) is 5.87. The molecule has 0 radical (unpaired) electrons. The van der Waals surface area contributed by atoms with Gasteiger partial charge < -0.3 is 4.74 Å². The smallest absolute Gasteiger partial charge is 0.411 e. The zero-order chi connectivity index (χ0) is 16.6. The van der Waals surface area contributed by atoms with Gasteiger partial charge >= 0.3 is 6.09 Å². The zero-order valence-corrected chi connectivity index (χ0v) is 15.2. The van der Waals surface area contributed by atoms with E-state index in [-0.39, 0.29) is 6.61 Å². The van der Waals surface area contributed by atoms with Crippen molar-refractivity contribution in [3.05, 3.63) is 22.5 Å². The zero-order valence-electron chi connectivity index (χ0n) is 12.9. The lowest BCUT2D eigenvalue weighted by Gasteiger charge is -2.18. The van der Waals surface area contributed by atoms with Crippen LogP contribution in [0.5, 0.6) is 0 Å². The first-order valence-electron chi connectivity index (χ1n) is 7.85. The molecule has 1 N–H and O–H groups in total. The summed E-state index contributed by atoms with van der Waals surface area (Å²) in [6.45, 7) is 1.72. The molecular formula is C16H19Cl3N2O2. The Hall–Kier alpha value is -0.710. The second kappa shape index (κ2) is 6.66. The molecule has 0 spiro atoms. The normalized spacial score (nSPS) is 17.0. The molecule has 7 heteroatoms. The third-order valence-corrected chi connectivity index (χ3v) is 4.67. The third kappa shape index (κ3) is 4.43. The molecule has 0 atom stereocenters. The van der Waals surface area contributed by atoms with Gasteiger partial charge in [-0.1, -0.05) is 34.8 Å². The monoisotopic (exact) mass is 376 g/mol. The number of amides is 1. The number of fused-ring (bicyclic) bond motifs is 1. The van der Waals surface area contributed by atoms with Gasteiger partial charge in [0.2, 0.25) is 3.79 Å². The predicted molar refractivity (Wildman–Crippen MR) is 92.7 cm³/mol. The number of hydrogen-bond donors (Lipinski definition) is 1. The molecule has 1 fully saturated rings. The molecule has 0 aromatic carbocycles. The Bertz CT molecular complexity index is 625. The molecule has 4 nitrogen and oxygen atoms in total. The number of nitrogens with one attached hydrogen (secondary N) is 1. The highest BCUT2D eigenvalue weighted by Gasteiger charge is 2.28. The van der Waals surface area contributed by atoms with Crippen molar-refractivity contribution in [2.24, 2.45) is 5.92 Å². The molecule has 2 aliphatic rings. The number of rotatable bonds is 4. The second-order valence-corrected chi connectivity index (χ2v) is 8.82. The number of nitrogens with zero attached hydrogens (tertiary/aromatic N) is 1. The Morgan fingerprint density at radius 3 is 2.74 bits per heavy atom. The number of aryl methyl sites for hydroxylation is 1. The average molecular weight is 378 g/mol. The predicted octanol–water partition coefficient (Wildman–Crippen LogP) is 4.75. The van der Waals surface area contributed by atoms with Crippen molar-refractivity contribution in [3.8, 4) is 0 Å². The first kappa shape index (κ1) is 17.1. The molecule has 3 rings (SSSR count). The van der Waals surface area contributed by atoms with Crippen LogP contribution in [0.2, 0.25) is 0 Å². The maximum atomic E-state index is 12.0. The van der Waals surface area contributed by atoms with Gasteiger partial charge in [0.1, 0.15) is 6.61 Å². The molecule has 0 bridgehead atoms. The van der Waals surface area contributed by atoms with Crippen LogP contribution in [0.1, 0.15) is 41.8 Å². The van der Waals surface area contributed by atoms with Crippen LogP contribution in [0, 0.1) is 12.8 Å². The molecule has 0 unspecified atom stereocenters. The van der Waals surface area contributed by atoms with E-state index in [4.69, 9.17) is 44.5 Å². The average Bonchev–Trinajstić information content (AvgIpc) is 3.16. The minimum absolute atomic E-state index is 0.287. The molecule has 0 saturated heterocycles. The quantitative estimate of drug-likeness (QED) is 0.770. The molecule has 0 aliphatic heterocycles. The topological polar surface area (TPSA) is 51.2 Å². The Morgan fingerprint density at radius 1 is 1.35 bits per heavy atom. The molecule has 1 aromatic heterocycles. The largest absolute Gasteiger partial charge is 0.445 e. The van der Waals surface area contributed by atoms with Gasteiger partial charge in [0.05, 0.1) is 5.69 Å². The molecule has 1 aromatic rings. The lowest BCUT2D eigenvalue weighted by atomic mass is 10.0. The van der Waals surface area contributed by atoms with Crippen LogP contribution in [-0.2, 0) is 24.0 Å². The van der Waals surface area contributed by atoms with Crippen LogP contribution in [0.25, 0.3) is 0 Å². The van der Waals surface area contributed by atoms with E-state index in [1.54, 1.807) is 0 Å². The van der Waals surface area contributed by atoms with Gasteiger partial charge in [-0.25, -0.2) is 4.79 Å². The summed E-state index contributed by atoms with van der Waals surface area (Å²) in [7, 11) is 0. The van der Waals surface area contributed by atoms with E-state index < -0.39 is 9.89 Å². The van der Waals surface area contributed by atoms with Crippen molar-refractivity contribution in [2.45, 2.75) is 49.2 Å². The molecule has 23 heavy (non-hydrogen) atoms. The molecule has 1 saturated carbocycles. The van der Waals surface area contributed by atoms with Crippen molar-refractivity contribution in [1.29, 1.82) is 0 Å². The number of halogens is 3. The Labute approximate surface area is 150 Å². The fourth-order valence-corrected chi connectivity index (χ4v) is 3.15. The van der Waals surface area contributed by atoms with Crippen LogP contribution in [0.15, 0.2) is 0 Å². The van der Waals surface area contributed by atoms with E-state index in [2.05, 4.69) is 5.32 Å². The van der Waals surface area contributed by atoms with Gasteiger partial charge in [0, 0.05) is 11.4 Å². The number of alkyl halides is 3. The fraction of sp³-hybridized carbons (Fsp3) is 0.625. The summed E-state index contributed by atoms with van der Waals surface area (Å²) in [5.41, 5.74) is 5.17. The van der Waals surface area contributed by atoms with Gasteiger partial charge in [0.25, 0.3) is 0 Å². The molecule has 1 heterocycles. The molecule has 1 amide bonds. The SMILES string of the molecule is Cc1c(CC2CC2)nc2c(c1NC(=O)OCC(Cl)(Cl)Cl)CCC2. The number of aromatic nitrogens is 1. The summed E-state index contributed by atoms with van der Waals surface area (Å²) in [5.74, 6) is 0.741. The molecular weight excluding hydrogens is 359 g/mol. The lowest BCUT2D eigenvalue weighted by molar-refractivity contribution is 0.164. The minimum Gasteiger partial charge on any atom is -0.445 e. The highest BCUT2D eigenvalue weighted by atomic mass is 35.6. The molecule has 126 valence electrons. The lowest BCUT2D eigenvalue weighted by Crippen LogP contribution is -2.22. The number of carbonyl (C=O) groups excluding carboxylic acids is 1. The van der Waals surface area contributed by atoms with E-state index >= 15 is 0 Å². The number of ether oxygens (including phenoxy) is 1. The van der Waals surface area contributed by atoms with Crippen LogP contribution in [-0.4, -0.2) is 21.5 Å². The van der Waals surface area contributed by atoms with Gasteiger partial charge in [-0.2, -0.15) is 0 Å². The van der Waals surface area contributed by atoms with Gasteiger partial charge in [-0.3, -0.25) is 10.3 Å². The van der Waals surface area contributed by atoms with Crippen molar-refractivity contribution in [1.82, 2.24) is 4.98 Å². The number of pyridine rings is 1. The number of hydrogen-bond acceptors (Lipinski definition) is 3. The summed E-state index contributed by atoms with van der Waals surface area (Å²) in [4.78, 5) is 16.9. The second-order valence-electron chi connectivity index (χ2n) is 6.30. The van der Waals surface area contributed by atoms with Crippen LogP contribution in [0.4, 0.5) is 10.5 Å². The Balaban J connectivity index is 1.79. The first-order chi connectivity index (χ1) is 10.8. The van der Waals surface area contributed by atoms with Gasteiger partial charge in [-0.05, 0) is 62.5 Å². The van der Waals surface area contributed by atoms with Crippen LogP contribution < -0.4 is 5.32 Å². The highest BCUT2D eigenvalue weighted by molar-refractivity contribution is 6.67. The summed E-state index contributed by atoms with van der Waals surface area (Å²) in [6, 6.07) is 0. The Kier molecular flexibility index (Phi) is 4.96. The fourth-order valence-electron chi connectivity index (χ4n) is 2.99. The minimum atomic E-state index is -1.61. The number of anilines is 1. The summed E-state index contributed by atoms with van der Waals surface area (Å²) < 4.78 is 3.38. The van der Waals surface area contributed by atoms with Crippen molar-refractivity contribution in [3.63, 3.8) is 0 Å². The van der Waals surface area contributed by atoms with Gasteiger partial charge in [0.15, 0.2) is 0 Å². The van der Waals surface area contributed by atoms with E-state index in [9.17, 15) is 4.79 Å². The number of carbonyl (C=O) groups is 1. The van der Waals surface area contributed by atoms with E-state index in [1.165, 1.54) is 12.8 Å². The van der Waals surface area contributed by atoms with Gasteiger partial charge in [-0.15, -0.1) is 0 Å². The van der Waals surface area contributed by atoms with Crippen LogP contribution in [0.3, 0.4) is 0 Å². The van der Waals surface area contributed by atoms with E-state index in [0.717, 1.165) is 59.8 Å². The third-order valence-electron chi connectivity index (χ3n) is 4.34. The van der Waals surface area contributed by atoms with Crippen LogP contribution >= 0.6 is 34.8 Å². The van der Waals surface area contributed by atoms with E-state index in [1.807, 2.05) is 6.92 Å². The maximum absolute atomic E-state index is 12.0. The highest BCUT2D eigenvalue weighted by Crippen LogP contribution is 2.37. The van der Waals surface area contributed by atoms with E-state index in [0.29, 0.717) is 0 Å². The van der Waals surface area contributed by atoms with Crippen molar-refractivity contribution < 1.29 is 9.53 Å². The summed E-state index contributed by atoms with van der Waals surface area (Å²) >= 11 is 16.8.